The van der Waals surface area contributed by atoms with Crippen molar-refractivity contribution >= 4 is 17.5 Å². The zero-order valence-electron chi connectivity index (χ0n) is 17.8. The summed E-state index contributed by atoms with van der Waals surface area (Å²) in [7, 11) is 0. The Bertz CT molecular complexity index is 1160. The second-order valence-electron chi connectivity index (χ2n) is 7.17. The van der Waals surface area contributed by atoms with E-state index in [-0.39, 0.29) is 35.5 Å². The van der Waals surface area contributed by atoms with Crippen LogP contribution in [0, 0.1) is 11.6 Å². The largest absolute Gasteiger partial charge is 0.468 e. The molecule has 12 heteroatoms. The molecule has 0 radical (unpaired) electrons. The van der Waals surface area contributed by atoms with E-state index in [4.69, 9.17) is 9.47 Å². The van der Waals surface area contributed by atoms with Gasteiger partial charge in [0.25, 0.3) is 11.8 Å². The Balaban J connectivity index is 1.44. The van der Waals surface area contributed by atoms with E-state index in [0.29, 0.717) is 38.9 Å². The van der Waals surface area contributed by atoms with E-state index >= 15 is 0 Å². The third-order valence-electron chi connectivity index (χ3n) is 5.01. The lowest BCUT2D eigenvalue weighted by Gasteiger charge is -2.27. The third-order valence-corrected chi connectivity index (χ3v) is 5.01. The second kappa shape index (κ2) is 9.77. The average molecular weight is 460 g/mol. The van der Waals surface area contributed by atoms with Gasteiger partial charge in [-0.25, -0.2) is 13.5 Å². The second-order valence-corrected chi connectivity index (χ2v) is 7.17. The molecule has 0 saturated carbocycles. The summed E-state index contributed by atoms with van der Waals surface area (Å²) in [4.78, 5) is 27.4. The van der Waals surface area contributed by atoms with Gasteiger partial charge in [-0.3, -0.25) is 14.3 Å². The molecule has 0 bridgehead atoms. The van der Waals surface area contributed by atoms with Crippen molar-refractivity contribution in [2.75, 3.05) is 31.6 Å². The van der Waals surface area contributed by atoms with Crippen LogP contribution in [0.1, 0.15) is 27.9 Å². The molecule has 174 valence electrons. The molecule has 2 amide bonds. The highest BCUT2D eigenvalue weighted by atomic mass is 19.1. The Hall–Kier alpha value is -3.80. The van der Waals surface area contributed by atoms with Crippen molar-refractivity contribution in [1.29, 1.82) is 0 Å². The molecule has 3 aromatic rings. The van der Waals surface area contributed by atoms with Crippen molar-refractivity contribution in [3.05, 3.63) is 59.7 Å². The van der Waals surface area contributed by atoms with Crippen LogP contribution in [0.25, 0.3) is 0 Å². The number of amides is 2. The van der Waals surface area contributed by atoms with E-state index in [1.165, 1.54) is 33.9 Å². The number of carbonyl (C=O) groups is 2. The van der Waals surface area contributed by atoms with Gasteiger partial charge >= 0.3 is 0 Å². The molecule has 1 saturated heterocycles. The van der Waals surface area contributed by atoms with Crippen LogP contribution in [0.4, 0.5) is 14.5 Å². The molecule has 1 aliphatic rings. The first-order chi connectivity index (χ1) is 16.0. The molecule has 1 aromatic carbocycles. The van der Waals surface area contributed by atoms with Crippen molar-refractivity contribution in [3.8, 4) is 5.75 Å². The first-order valence-corrected chi connectivity index (χ1v) is 10.3. The summed E-state index contributed by atoms with van der Waals surface area (Å²) in [6.07, 6.45) is 2.90. The first kappa shape index (κ1) is 22.4. The number of nitrogens with zero attached hydrogens (tertiary/aromatic N) is 5. The maximum Gasteiger partial charge on any atom is 0.276 e. The zero-order valence-corrected chi connectivity index (χ0v) is 17.8. The number of anilines is 1. The normalized spacial score (nSPS) is 13.7. The number of hydrogen-bond donors (Lipinski definition) is 1. The molecule has 10 nitrogen and oxygen atoms in total. The van der Waals surface area contributed by atoms with E-state index in [1.54, 1.807) is 4.90 Å². The Morgan fingerprint density at radius 3 is 2.73 bits per heavy atom. The molecular formula is C21H22F2N6O4. The van der Waals surface area contributed by atoms with Gasteiger partial charge in [0.05, 0.1) is 25.1 Å². The average Bonchev–Trinajstić information content (AvgIpc) is 3.45. The minimum atomic E-state index is -0.842. The van der Waals surface area contributed by atoms with Gasteiger partial charge in [0.2, 0.25) is 0 Å². The van der Waals surface area contributed by atoms with Crippen LogP contribution in [0.3, 0.4) is 0 Å². The number of carbonyl (C=O) groups excluding carboxylic acids is 2. The van der Waals surface area contributed by atoms with Gasteiger partial charge < -0.3 is 19.7 Å². The Morgan fingerprint density at radius 1 is 1.21 bits per heavy atom. The lowest BCUT2D eigenvalue weighted by molar-refractivity contribution is 0.0295. The number of nitrogens with one attached hydrogen (secondary N) is 1. The Labute approximate surface area is 187 Å². The van der Waals surface area contributed by atoms with Crippen LogP contribution in [0.2, 0.25) is 0 Å². The molecule has 0 aliphatic carbocycles. The van der Waals surface area contributed by atoms with Crippen molar-refractivity contribution in [1.82, 2.24) is 24.5 Å². The smallest absolute Gasteiger partial charge is 0.276 e. The number of aromatic nitrogens is 4. The fraction of sp³-hybridized carbons (Fsp3) is 0.333. The lowest BCUT2D eigenvalue weighted by atomic mass is 10.2. The van der Waals surface area contributed by atoms with Crippen LogP contribution >= 0.6 is 0 Å². The van der Waals surface area contributed by atoms with Crippen LogP contribution in [-0.2, 0) is 18.0 Å². The predicted octanol–water partition coefficient (Wildman–Crippen LogP) is 2.14. The van der Waals surface area contributed by atoms with Gasteiger partial charge in [-0.05, 0) is 25.1 Å². The summed E-state index contributed by atoms with van der Waals surface area (Å²) in [6, 6.07) is 4.41. The number of aryl methyl sites for hydroxylation is 1. The number of ether oxygens (including phenoxy) is 2. The summed E-state index contributed by atoms with van der Waals surface area (Å²) in [5.41, 5.74) is 0.618. The predicted molar refractivity (Wildman–Crippen MR) is 112 cm³/mol. The molecule has 1 aliphatic heterocycles. The van der Waals surface area contributed by atoms with Crippen molar-refractivity contribution in [3.63, 3.8) is 0 Å². The Morgan fingerprint density at radius 2 is 2.00 bits per heavy atom. The topological polar surface area (TPSA) is 104 Å². The van der Waals surface area contributed by atoms with Crippen molar-refractivity contribution < 1.29 is 27.8 Å². The molecule has 33 heavy (non-hydrogen) atoms. The maximum atomic E-state index is 13.7. The molecule has 0 spiro atoms. The van der Waals surface area contributed by atoms with Gasteiger partial charge in [-0.1, -0.05) is 0 Å². The minimum absolute atomic E-state index is 0.0622. The number of benzene rings is 1. The summed E-state index contributed by atoms with van der Waals surface area (Å²) < 4.78 is 40.1. The van der Waals surface area contributed by atoms with E-state index in [2.05, 4.69) is 15.5 Å². The van der Waals surface area contributed by atoms with E-state index in [0.717, 1.165) is 6.07 Å². The monoisotopic (exact) mass is 460 g/mol. The minimum Gasteiger partial charge on any atom is -0.468 e. The third kappa shape index (κ3) is 5.00. The zero-order chi connectivity index (χ0) is 23.4. The first-order valence-electron chi connectivity index (χ1n) is 10.3. The van der Waals surface area contributed by atoms with Crippen LogP contribution < -0.4 is 10.1 Å². The highest BCUT2D eigenvalue weighted by Gasteiger charge is 2.26. The summed E-state index contributed by atoms with van der Waals surface area (Å²) in [5.74, 6) is -2.49. The molecule has 0 atom stereocenters. The fourth-order valence-electron chi connectivity index (χ4n) is 3.33. The maximum absolute atomic E-state index is 13.7. The fourth-order valence-corrected chi connectivity index (χ4v) is 3.33. The van der Waals surface area contributed by atoms with E-state index < -0.39 is 17.5 Å². The molecular weight excluding hydrogens is 438 g/mol. The van der Waals surface area contributed by atoms with E-state index in [1.807, 2.05) is 6.92 Å². The molecule has 1 N–H and O–H groups in total. The highest BCUT2D eigenvalue weighted by molar-refractivity contribution is 6.07. The van der Waals surface area contributed by atoms with Crippen LogP contribution in [0.15, 0.2) is 36.7 Å². The van der Waals surface area contributed by atoms with Crippen molar-refractivity contribution in [2.24, 2.45) is 0 Å². The van der Waals surface area contributed by atoms with Gasteiger partial charge in [-0.15, -0.1) is 0 Å². The van der Waals surface area contributed by atoms with Gasteiger partial charge in [0.15, 0.2) is 24.0 Å². The molecule has 2 aromatic heterocycles. The van der Waals surface area contributed by atoms with Gasteiger partial charge in [0, 0.05) is 31.9 Å². The van der Waals surface area contributed by atoms with Gasteiger partial charge in [-0.2, -0.15) is 10.2 Å². The summed E-state index contributed by atoms with van der Waals surface area (Å²) >= 11 is 0. The number of hydrogen-bond acceptors (Lipinski definition) is 6. The standard InChI is InChI=1S/C21H22F2N6O4/c1-2-29-19(21(31)27-7-9-32-10-8-27)17(12-24-29)25-20(30)16-5-6-28(26-16)13-33-18-4-3-14(22)11-15(18)23/h3-6,11-12H,2,7-10,13H2,1H3,(H,25,30). The molecule has 1 fully saturated rings. The van der Waals surface area contributed by atoms with Crippen LogP contribution in [0.5, 0.6) is 5.75 Å². The Kier molecular flexibility index (Phi) is 6.63. The number of rotatable bonds is 7. The summed E-state index contributed by atoms with van der Waals surface area (Å²) in [5, 5.41) is 11.0. The summed E-state index contributed by atoms with van der Waals surface area (Å²) in [6.45, 7) is 3.93. The van der Waals surface area contributed by atoms with Crippen LogP contribution in [-0.4, -0.2) is 62.6 Å². The van der Waals surface area contributed by atoms with E-state index in [9.17, 15) is 18.4 Å². The number of morpholine rings is 1. The molecule has 0 unspecified atom stereocenters. The quantitative estimate of drug-likeness (QED) is 0.580. The molecule has 4 rings (SSSR count). The lowest BCUT2D eigenvalue weighted by Crippen LogP contribution is -2.41. The van der Waals surface area contributed by atoms with Crippen molar-refractivity contribution in [2.45, 2.75) is 20.2 Å². The molecule has 3 heterocycles. The SMILES string of the molecule is CCn1ncc(NC(=O)c2ccn(COc3ccc(F)cc3F)n2)c1C(=O)N1CCOCC1. The number of halogens is 2. The van der Waals surface area contributed by atoms with Gasteiger partial charge in [0.1, 0.15) is 11.5 Å². The highest BCUT2D eigenvalue weighted by Crippen LogP contribution is 2.20.